The SMILES string of the molecule is CC1CCC(NC(C)c2cc(O)ccc2O)C(C)C1. The normalized spacial score (nSPS) is 29.1. The first-order valence-electron chi connectivity index (χ1n) is 7.25. The maximum atomic E-state index is 9.89. The van der Waals surface area contributed by atoms with Crippen molar-refractivity contribution in [1.29, 1.82) is 0 Å². The molecule has 3 heteroatoms. The largest absolute Gasteiger partial charge is 0.508 e. The van der Waals surface area contributed by atoms with Gasteiger partial charge in [-0.25, -0.2) is 0 Å². The summed E-state index contributed by atoms with van der Waals surface area (Å²) in [7, 11) is 0. The number of hydrogen-bond donors (Lipinski definition) is 3. The van der Waals surface area contributed by atoms with Crippen molar-refractivity contribution in [1.82, 2.24) is 5.32 Å². The van der Waals surface area contributed by atoms with Crippen molar-refractivity contribution in [3.8, 4) is 11.5 Å². The highest BCUT2D eigenvalue weighted by Gasteiger charge is 2.26. The maximum absolute atomic E-state index is 9.89. The van der Waals surface area contributed by atoms with Crippen LogP contribution in [0.5, 0.6) is 11.5 Å². The highest BCUT2D eigenvalue weighted by Crippen LogP contribution is 2.32. The fraction of sp³-hybridized carbons (Fsp3) is 0.625. The lowest BCUT2D eigenvalue weighted by atomic mass is 9.79. The van der Waals surface area contributed by atoms with Gasteiger partial charge in [0.05, 0.1) is 0 Å². The second-order valence-corrected chi connectivity index (χ2v) is 6.13. The molecule has 0 aromatic heterocycles. The van der Waals surface area contributed by atoms with Crippen LogP contribution in [-0.4, -0.2) is 16.3 Å². The zero-order valence-corrected chi connectivity index (χ0v) is 12.1. The number of phenolic OH excluding ortho intramolecular Hbond substituents is 2. The number of hydrogen-bond acceptors (Lipinski definition) is 3. The molecular weight excluding hydrogens is 238 g/mol. The summed E-state index contributed by atoms with van der Waals surface area (Å²) in [5.41, 5.74) is 0.769. The van der Waals surface area contributed by atoms with Crippen LogP contribution < -0.4 is 5.32 Å². The molecule has 1 saturated carbocycles. The molecule has 1 fully saturated rings. The zero-order valence-electron chi connectivity index (χ0n) is 12.1. The van der Waals surface area contributed by atoms with Crippen LogP contribution in [0.1, 0.15) is 51.6 Å². The lowest BCUT2D eigenvalue weighted by Crippen LogP contribution is -2.40. The monoisotopic (exact) mass is 263 g/mol. The van der Waals surface area contributed by atoms with Crippen molar-refractivity contribution in [2.75, 3.05) is 0 Å². The lowest BCUT2D eigenvalue weighted by molar-refractivity contribution is 0.215. The van der Waals surface area contributed by atoms with E-state index in [0.717, 1.165) is 11.5 Å². The van der Waals surface area contributed by atoms with Gasteiger partial charge < -0.3 is 15.5 Å². The first-order chi connectivity index (χ1) is 8.97. The van der Waals surface area contributed by atoms with Gasteiger partial charge in [0.1, 0.15) is 11.5 Å². The third-order valence-corrected chi connectivity index (χ3v) is 4.37. The molecule has 3 nitrogen and oxygen atoms in total. The van der Waals surface area contributed by atoms with Gasteiger partial charge in [-0.3, -0.25) is 0 Å². The Morgan fingerprint density at radius 3 is 2.63 bits per heavy atom. The molecule has 4 atom stereocenters. The molecule has 0 amide bonds. The van der Waals surface area contributed by atoms with Gasteiger partial charge in [0.25, 0.3) is 0 Å². The topological polar surface area (TPSA) is 52.5 Å². The fourth-order valence-corrected chi connectivity index (χ4v) is 3.21. The Morgan fingerprint density at radius 2 is 1.95 bits per heavy atom. The molecule has 4 unspecified atom stereocenters. The molecule has 19 heavy (non-hydrogen) atoms. The third kappa shape index (κ3) is 3.41. The van der Waals surface area contributed by atoms with Crippen LogP contribution in [0.15, 0.2) is 18.2 Å². The molecule has 0 radical (unpaired) electrons. The van der Waals surface area contributed by atoms with Crippen LogP contribution in [0.4, 0.5) is 0 Å². The molecule has 0 bridgehead atoms. The lowest BCUT2D eigenvalue weighted by Gasteiger charge is -2.35. The molecular formula is C16H25NO2. The quantitative estimate of drug-likeness (QED) is 0.731. The molecule has 1 aliphatic carbocycles. The molecule has 2 rings (SSSR count). The second-order valence-electron chi connectivity index (χ2n) is 6.13. The number of rotatable bonds is 3. The summed E-state index contributed by atoms with van der Waals surface area (Å²) in [4.78, 5) is 0. The van der Waals surface area contributed by atoms with Crippen molar-refractivity contribution in [2.24, 2.45) is 11.8 Å². The highest BCUT2D eigenvalue weighted by molar-refractivity contribution is 5.40. The van der Waals surface area contributed by atoms with Crippen LogP contribution >= 0.6 is 0 Å². The summed E-state index contributed by atoms with van der Waals surface area (Å²) in [6, 6.07) is 5.25. The van der Waals surface area contributed by atoms with Gasteiger partial charge in [0, 0.05) is 17.6 Å². The second kappa shape index (κ2) is 5.83. The minimum absolute atomic E-state index is 0.0490. The Kier molecular flexibility index (Phi) is 4.35. The Hall–Kier alpha value is -1.22. The minimum atomic E-state index is 0.0490. The summed E-state index contributed by atoms with van der Waals surface area (Å²) in [5.74, 6) is 1.92. The summed E-state index contributed by atoms with van der Waals surface area (Å²) < 4.78 is 0. The minimum Gasteiger partial charge on any atom is -0.508 e. The Bertz CT molecular complexity index is 433. The predicted molar refractivity (Wildman–Crippen MR) is 77.3 cm³/mol. The molecule has 0 saturated heterocycles. The fourth-order valence-electron chi connectivity index (χ4n) is 3.21. The van der Waals surface area contributed by atoms with E-state index in [-0.39, 0.29) is 17.5 Å². The summed E-state index contributed by atoms with van der Waals surface area (Å²) in [5, 5.41) is 23.0. The van der Waals surface area contributed by atoms with Gasteiger partial charge in [-0.05, 0) is 56.2 Å². The van der Waals surface area contributed by atoms with Gasteiger partial charge in [-0.2, -0.15) is 0 Å². The van der Waals surface area contributed by atoms with Gasteiger partial charge in [-0.15, -0.1) is 0 Å². The first-order valence-corrected chi connectivity index (χ1v) is 7.25. The van der Waals surface area contributed by atoms with Crippen LogP contribution in [0.3, 0.4) is 0 Å². The van der Waals surface area contributed by atoms with Crippen LogP contribution in [0, 0.1) is 11.8 Å². The van der Waals surface area contributed by atoms with Gasteiger partial charge in [0.15, 0.2) is 0 Å². The van der Waals surface area contributed by atoms with Crippen molar-refractivity contribution in [3.63, 3.8) is 0 Å². The van der Waals surface area contributed by atoms with Gasteiger partial charge in [0.2, 0.25) is 0 Å². The van der Waals surface area contributed by atoms with Crippen molar-refractivity contribution in [2.45, 2.75) is 52.1 Å². The van der Waals surface area contributed by atoms with Crippen molar-refractivity contribution < 1.29 is 10.2 Å². The molecule has 106 valence electrons. The smallest absolute Gasteiger partial charge is 0.120 e. The van der Waals surface area contributed by atoms with E-state index in [1.807, 2.05) is 6.92 Å². The maximum Gasteiger partial charge on any atom is 0.120 e. The molecule has 1 aromatic rings. The number of aromatic hydroxyl groups is 2. The molecule has 0 spiro atoms. The van der Waals surface area contributed by atoms with Crippen molar-refractivity contribution >= 4 is 0 Å². The Balaban J connectivity index is 2.04. The van der Waals surface area contributed by atoms with E-state index < -0.39 is 0 Å². The number of phenols is 2. The van der Waals surface area contributed by atoms with E-state index in [4.69, 9.17) is 0 Å². The van der Waals surface area contributed by atoms with E-state index >= 15 is 0 Å². The van der Waals surface area contributed by atoms with E-state index in [1.165, 1.54) is 25.3 Å². The predicted octanol–water partition coefficient (Wildman–Crippen LogP) is 3.57. The number of nitrogens with one attached hydrogen (secondary N) is 1. The van der Waals surface area contributed by atoms with Crippen LogP contribution in [0.2, 0.25) is 0 Å². The van der Waals surface area contributed by atoms with Crippen LogP contribution in [-0.2, 0) is 0 Å². The molecule has 1 aliphatic rings. The molecule has 3 N–H and O–H groups in total. The van der Waals surface area contributed by atoms with E-state index in [1.54, 1.807) is 12.1 Å². The van der Waals surface area contributed by atoms with E-state index in [2.05, 4.69) is 19.2 Å². The van der Waals surface area contributed by atoms with Gasteiger partial charge >= 0.3 is 0 Å². The van der Waals surface area contributed by atoms with Crippen molar-refractivity contribution in [3.05, 3.63) is 23.8 Å². The molecule has 0 aliphatic heterocycles. The van der Waals surface area contributed by atoms with Gasteiger partial charge in [-0.1, -0.05) is 13.8 Å². The summed E-state index contributed by atoms with van der Waals surface area (Å²) >= 11 is 0. The summed E-state index contributed by atoms with van der Waals surface area (Å²) in [6.07, 6.45) is 3.71. The molecule has 1 aromatic carbocycles. The highest BCUT2D eigenvalue weighted by atomic mass is 16.3. The van der Waals surface area contributed by atoms with E-state index in [0.29, 0.717) is 12.0 Å². The standard InChI is InChI=1S/C16H25NO2/c1-10-4-6-15(11(2)8-10)17-12(3)14-9-13(18)5-7-16(14)19/h5,7,9-12,15,17-19H,4,6,8H2,1-3H3. The summed E-state index contributed by atoms with van der Waals surface area (Å²) in [6.45, 7) is 6.65. The van der Waals surface area contributed by atoms with Crippen LogP contribution in [0.25, 0.3) is 0 Å². The number of benzene rings is 1. The Morgan fingerprint density at radius 1 is 1.21 bits per heavy atom. The molecule has 0 heterocycles. The third-order valence-electron chi connectivity index (χ3n) is 4.37. The average molecular weight is 263 g/mol. The average Bonchev–Trinajstić information content (AvgIpc) is 2.35. The van der Waals surface area contributed by atoms with E-state index in [9.17, 15) is 10.2 Å². The Labute approximate surface area is 115 Å². The first kappa shape index (κ1) is 14.2. The zero-order chi connectivity index (χ0) is 14.0.